The molecular weight excluding hydrogens is 314 g/mol. The number of carbonyl (C=O) groups is 1. The second-order valence-corrected chi connectivity index (χ2v) is 6.43. The zero-order valence-electron chi connectivity index (χ0n) is 12.5. The number of likely N-dealkylation sites (tertiary alicyclic amines) is 1. The third-order valence-electron chi connectivity index (χ3n) is 4.23. The van der Waals surface area contributed by atoms with E-state index in [0.29, 0.717) is 18.2 Å². The van der Waals surface area contributed by atoms with Gasteiger partial charge in [-0.1, -0.05) is 6.07 Å². The Morgan fingerprint density at radius 1 is 1.43 bits per heavy atom. The molecule has 0 aliphatic carbocycles. The molecule has 1 aromatic heterocycles. The topological polar surface area (TPSA) is 89.5 Å². The molecule has 1 aromatic carbocycles. The maximum Gasteiger partial charge on any atom is 0.274 e. The van der Waals surface area contributed by atoms with E-state index in [1.807, 2.05) is 0 Å². The molecular formula is C16H17N3O3S. The number of carbonyl (C=O) groups excluding carboxylic acids is 1. The Kier molecular flexibility index (Phi) is 4.40. The van der Waals surface area contributed by atoms with Crippen LogP contribution in [0, 0.1) is 10.1 Å². The van der Waals surface area contributed by atoms with Crippen LogP contribution in [0.2, 0.25) is 0 Å². The van der Waals surface area contributed by atoms with Gasteiger partial charge in [-0.3, -0.25) is 19.8 Å². The fraction of sp³-hybridized carbons (Fsp3) is 0.312. The minimum Gasteiger partial charge on any atom is -0.366 e. The number of rotatable bonds is 5. The van der Waals surface area contributed by atoms with Gasteiger partial charge in [0, 0.05) is 29.8 Å². The van der Waals surface area contributed by atoms with Crippen LogP contribution in [-0.2, 0) is 6.54 Å². The first kappa shape index (κ1) is 15.6. The van der Waals surface area contributed by atoms with Crippen LogP contribution in [0.25, 0.3) is 0 Å². The lowest BCUT2D eigenvalue weighted by Gasteiger charge is -2.24. The van der Waals surface area contributed by atoms with E-state index < -0.39 is 10.8 Å². The molecule has 0 radical (unpaired) electrons. The van der Waals surface area contributed by atoms with Gasteiger partial charge in [0.2, 0.25) is 5.91 Å². The molecule has 1 fully saturated rings. The first-order valence-corrected chi connectivity index (χ1v) is 8.34. The van der Waals surface area contributed by atoms with E-state index in [4.69, 9.17) is 5.73 Å². The second-order valence-electron chi connectivity index (χ2n) is 5.65. The van der Waals surface area contributed by atoms with Crippen molar-refractivity contribution in [3.05, 3.63) is 61.8 Å². The van der Waals surface area contributed by atoms with E-state index in [1.165, 1.54) is 11.6 Å². The van der Waals surface area contributed by atoms with Crippen molar-refractivity contribution in [2.24, 2.45) is 5.73 Å². The van der Waals surface area contributed by atoms with Gasteiger partial charge in [0.15, 0.2) is 0 Å². The van der Waals surface area contributed by atoms with Crippen LogP contribution in [0.1, 0.15) is 40.4 Å². The number of benzene rings is 1. The summed E-state index contributed by atoms with van der Waals surface area (Å²) >= 11 is 1.66. The average molecular weight is 331 g/mol. The quantitative estimate of drug-likeness (QED) is 0.673. The van der Waals surface area contributed by atoms with E-state index in [0.717, 1.165) is 19.4 Å². The zero-order chi connectivity index (χ0) is 16.4. The van der Waals surface area contributed by atoms with E-state index >= 15 is 0 Å². The zero-order valence-corrected chi connectivity index (χ0v) is 13.3. The van der Waals surface area contributed by atoms with E-state index in [2.05, 4.69) is 21.7 Å². The van der Waals surface area contributed by atoms with Crippen LogP contribution in [0.4, 0.5) is 5.69 Å². The molecule has 3 rings (SSSR count). The minimum absolute atomic E-state index is 0.0442. The number of amides is 1. The smallest absolute Gasteiger partial charge is 0.274 e. The molecule has 1 atom stereocenters. The molecule has 2 heterocycles. The molecule has 1 aliphatic rings. The van der Waals surface area contributed by atoms with Gasteiger partial charge >= 0.3 is 0 Å². The fourth-order valence-electron chi connectivity index (χ4n) is 3.10. The first-order chi connectivity index (χ1) is 11.1. The van der Waals surface area contributed by atoms with Crippen molar-refractivity contribution in [3.63, 3.8) is 0 Å². The summed E-state index contributed by atoms with van der Waals surface area (Å²) in [4.78, 5) is 24.4. The van der Waals surface area contributed by atoms with Crippen LogP contribution in [-0.4, -0.2) is 22.3 Å². The molecule has 0 saturated carbocycles. The minimum atomic E-state index is -0.656. The normalized spacial score (nSPS) is 18.2. The number of nitrogens with two attached hydrogens (primary N) is 1. The van der Waals surface area contributed by atoms with Gasteiger partial charge in [-0.2, -0.15) is 11.3 Å². The predicted octanol–water partition coefficient (Wildman–Crippen LogP) is 3.09. The number of nitro groups is 1. The third kappa shape index (κ3) is 3.25. The fourth-order valence-corrected chi connectivity index (χ4v) is 3.80. The SMILES string of the molecule is NC(=O)c1ccc(CN2CCC[C@H]2c2ccsc2)c([N+](=O)[O-])c1. The predicted molar refractivity (Wildman–Crippen MR) is 88.3 cm³/mol. The molecule has 0 unspecified atom stereocenters. The maximum absolute atomic E-state index is 11.3. The monoisotopic (exact) mass is 331 g/mol. The van der Waals surface area contributed by atoms with Crippen molar-refractivity contribution in [3.8, 4) is 0 Å². The van der Waals surface area contributed by atoms with Crippen molar-refractivity contribution < 1.29 is 9.72 Å². The number of thiophene rings is 1. The molecule has 0 spiro atoms. The van der Waals surface area contributed by atoms with Crippen LogP contribution in [0.3, 0.4) is 0 Å². The number of hydrogen-bond donors (Lipinski definition) is 1. The molecule has 2 N–H and O–H groups in total. The van der Waals surface area contributed by atoms with Gasteiger partial charge in [0.05, 0.1) is 4.92 Å². The van der Waals surface area contributed by atoms with Crippen molar-refractivity contribution in [2.45, 2.75) is 25.4 Å². The Labute approximate surface area is 137 Å². The molecule has 1 aliphatic heterocycles. The Balaban J connectivity index is 1.87. The highest BCUT2D eigenvalue weighted by molar-refractivity contribution is 7.07. The summed E-state index contributed by atoms with van der Waals surface area (Å²) in [5.41, 5.74) is 7.21. The van der Waals surface area contributed by atoms with E-state index in [1.54, 1.807) is 23.5 Å². The summed E-state index contributed by atoms with van der Waals surface area (Å²) in [5.74, 6) is -0.656. The Hall–Kier alpha value is -2.25. The molecule has 1 saturated heterocycles. The van der Waals surface area contributed by atoms with E-state index in [9.17, 15) is 14.9 Å². The number of hydrogen-bond acceptors (Lipinski definition) is 5. The van der Waals surface area contributed by atoms with Gasteiger partial charge in [-0.15, -0.1) is 0 Å². The van der Waals surface area contributed by atoms with E-state index in [-0.39, 0.29) is 11.3 Å². The highest BCUT2D eigenvalue weighted by Gasteiger charge is 2.28. The molecule has 6 nitrogen and oxygen atoms in total. The lowest BCUT2D eigenvalue weighted by atomic mass is 10.1. The van der Waals surface area contributed by atoms with Crippen molar-refractivity contribution in [1.82, 2.24) is 4.90 Å². The van der Waals surface area contributed by atoms with Crippen LogP contribution in [0.5, 0.6) is 0 Å². The lowest BCUT2D eigenvalue weighted by Crippen LogP contribution is -2.23. The number of primary amides is 1. The average Bonchev–Trinajstić information content (AvgIpc) is 3.17. The summed E-state index contributed by atoms with van der Waals surface area (Å²) in [6.45, 7) is 1.41. The summed E-state index contributed by atoms with van der Waals surface area (Å²) in [6, 6.07) is 6.88. The van der Waals surface area contributed by atoms with Crippen LogP contribution >= 0.6 is 11.3 Å². The number of nitrogens with zero attached hydrogens (tertiary/aromatic N) is 2. The standard InChI is InChI=1S/C16H17N3O3S/c17-16(20)11-3-4-12(15(8-11)19(21)22)9-18-6-1-2-14(18)13-5-7-23-10-13/h3-5,7-8,10,14H,1-2,6,9H2,(H2,17,20)/t14-/m0/s1. The summed E-state index contributed by atoms with van der Waals surface area (Å²) in [7, 11) is 0. The number of nitro benzene ring substituents is 1. The van der Waals surface area contributed by atoms with Gasteiger partial charge in [0.25, 0.3) is 5.69 Å². The van der Waals surface area contributed by atoms with Crippen molar-refractivity contribution >= 4 is 22.9 Å². The molecule has 1 amide bonds. The van der Waals surface area contributed by atoms with Gasteiger partial charge < -0.3 is 5.73 Å². The van der Waals surface area contributed by atoms with Gasteiger partial charge in [-0.25, -0.2) is 0 Å². The highest BCUT2D eigenvalue weighted by atomic mass is 32.1. The van der Waals surface area contributed by atoms with Crippen LogP contribution < -0.4 is 5.73 Å². The second kappa shape index (κ2) is 6.47. The molecule has 0 bridgehead atoms. The lowest BCUT2D eigenvalue weighted by molar-refractivity contribution is -0.385. The Morgan fingerprint density at radius 2 is 2.26 bits per heavy atom. The first-order valence-electron chi connectivity index (χ1n) is 7.39. The molecule has 7 heteroatoms. The van der Waals surface area contributed by atoms with Crippen LogP contribution in [0.15, 0.2) is 35.0 Å². The summed E-state index contributed by atoms with van der Waals surface area (Å²) < 4.78 is 0. The van der Waals surface area contributed by atoms with Crippen molar-refractivity contribution in [2.75, 3.05) is 6.54 Å². The summed E-state index contributed by atoms with van der Waals surface area (Å²) in [6.07, 6.45) is 2.14. The van der Waals surface area contributed by atoms with Gasteiger partial charge in [-0.05, 0) is 47.8 Å². The molecule has 23 heavy (non-hydrogen) atoms. The van der Waals surface area contributed by atoms with Crippen molar-refractivity contribution in [1.29, 1.82) is 0 Å². The maximum atomic E-state index is 11.3. The summed E-state index contributed by atoms with van der Waals surface area (Å²) in [5, 5.41) is 15.5. The van der Waals surface area contributed by atoms with Gasteiger partial charge in [0.1, 0.15) is 0 Å². The highest BCUT2D eigenvalue weighted by Crippen LogP contribution is 2.35. The Bertz CT molecular complexity index is 730. The third-order valence-corrected chi connectivity index (χ3v) is 4.93. The largest absolute Gasteiger partial charge is 0.366 e. The molecule has 2 aromatic rings. The molecule has 120 valence electrons. The Morgan fingerprint density at radius 3 is 2.91 bits per heavy atom.